The second kappa shape index (κ2) is 10.7. The second-order valence-electron chi connectivity index (χ2n) is 6.48. The molecule has 1 atom stereocenters. The number of carboxylic acids is 1. The average molecular weight is 448 g/mol. The van der Waals surface area contributed by atoms with E-state index >= 15 is 0 Å². The lowest BCUT2D eigenvalue weighted by Gasteiger charge is -2.33. The first-order valence-electron chi connectivity index (χ1n) is 8.85. The van der Waals surface area contributed by atoms with Crippen molar-refractivity contribution in [1.82, 2.24) is 4.90 Å². The summed E-state index contributed by atoms with van der Waals surface area (Å²) in [5.41, 5.74) is 0.578. The molecule has 0 saturated carbocycles. The van der Waals surface area contributed by atoms with Crippen molar-refractivity contribution in [2.24, 2.45) is 0 Å². The molecule has 1 heterocycles. The Balaban J connectivity index is 0.00000300. The van der Waals surface area contributed by atoms with E-state index < -0.39 is 23.7 Å². The molecule has 5 nitrogen and oxygen atoms in total. The number of ether oxygens (including phenoxy) is 2. The van der Waals surface area contributed by atoms with Gasteiger partial charge in [0.2, 0.25) is 0 Å². The fraction of sp³-hybridized carbons (Fsp3) is 0.350. The monoisotopic (exact) mass is 447 g/mol. The van der Waals surface area contributed by atoms with Crippen molar-refractivity contribution in [3.8, 4) is 5.75 Å². The fourth-order valence-corrected chi connectivity index (χ4v) is 3.25. The Morgan fingerprint density at radius 1 is 1.28 bits per heavy atom. The molecular formula is C20H21Cl2F2NO4. The van der Waals surface area contributed by atoms with Crippen LogP contribution in [0.25, 0.3) is 0 Å². The van der Waals surface area contributed by atoms with Crippen molar-refractivity contribution < 1.29 is 28.2 Å². The molecule has 158 valence electrons. The number of aliphatic carboxylic acids is 1. The lowest BCUT2D eigenvalue weighted by atomic mass is 10.1. The molecule has 0 radical (unpaired) electrons. The standard InChI is InChI=1S/C20H20ClF2NO4.ClH/c21-16-2-1-3-17(22)15(16)12-28-13-4-5-14(18(23)10-13)19-11-24(8-9-27-19)7-6-20(25)26;/h1-5,10,19H,6-9,11-12H2,(H,25,26);1H. The Hall–Kier alpha value is -1.93. The maximum Gasteiger partial charge on any atom is 0.304 e. The Bertz CT molecular complexity index is 833. The van der Waals surface area contributed by atoms with Crippen LogP contribution in [0.4, 0.5) is 8.78 Å². The van der Waals surface area contributed by atoms with Crippen molar-refractivity contribution in [3.63, 3.8) is 0 Å². The van der Waals surface area contributed by atoms with E-state index in [-0.39, 0.29) is 41.8 Å². The quantitative estimate of drug-likeness (QED) is 0.678. The Labute approximate surface area is 178 Å². The number of halogens is 4. The first-order chi connectivity index (χ1) is 13.4. The molecule has 1 N–H and O–H groups in total. The van der Waals surface area contributed by atoms with Crippen LogP contribution in [-0.2, 0) is 16.1 Å². The Morgan fingerprint density at radius 2 is 2.07 bits per heavy atom. The van der Waals surface area contributed by atoms with Crippen molar-refractivity contribution in [3.05, 3.63) is 64.2 Å². The molecule has 0 aromatic heterocycles. The highest BCUT2D eigenvalue weighted by molar-refractivity contribution is 6.31. The SMILES string of the molecule is Cl.O=C(O)CCN1CCOC(c2ccc(OCc3c(F)cccc3Cl)cc2F)C1. The zero-order valence-electron chi connectivity index (χ0n) is 15.4. The van der Waals surface area contributed by atoms with E-state index in [4.69, 9.17) is 26.2 Å². The van der Waals surface area contributed by atoms with Crippen molar-refractivity contribution in [1.29, 1.82) is 0 Å². The van der Waals surface area contributed by atoms with E-state index in [2.05, 4.69) is 0 Å². The van der Waals surface area contributed by atoms with Crippen LogP contribution in [0.5, 0.6) is 5.75 Å². The number of hydrogen-bond donors (Lipinski definition) is 1. The number of benzene rings is 2. The van der Waals surface area contributed by atoms with Gasteiger partial charge in [-0.1, -0.05) is 17.7 Å². The maximum atomic E-state index is 14.6. The van der Waals surface area contributed by atoms with Crippen molar-refractivity contribution in [2.45, 2.75) is 19.1 Å². The van der Waals surface area contributed by atoms with Gasteiger partial charge in [-0.25, -0.2) is 8.78 Å². The third-order valence-corrected chi connectivity index (χ3v) is 4.91. The van der Waals surface area contributed by atoms with Gasteiger partial charge in [0, 0.05) is 36.8 Å². The molecule has 3 rings (SSSR count). The highest BCUT2D eigenvalue weighted by Crippen LogP contribution is 2.28. The summed E-state index contributed by atoms with van der Waals surface area (Å²) in [4.78, 5) is 12.7. The Morgan fingerprint density at radius 3 is 2.76 bits per heavy atom. The summed E-state index contributed by atoms with van der Waals surface area (Å²) in [6.07, 6.45) is -0.460. The Kier molecular flexibility index (Phi) is 8.64. The molecule has 0 bridgehead atoms. The lowest BCUT2D eigenvalue weighted by molar-refractivity contribution is -0.137. The van der Waals surface area contributed by atoms with Crippen LogP contribution in [0.3, 0.4) is 0 Å². The van der Waals surface area contributed by atoms with E-state index in [9.17, 15) is 13.6 Å². The predicted octanol–water partition coefficient (Wildman–Crippen LogP) is 4.47. The molecule has 2 aromatic carbocycles. The van der Waals surface area contributed by atoms with E-state index in [0.717, 1.165) is 0 Å². The summed E-state index contributed by atoms with van der Waals surface area (Å²) in [7, 11) is 0. The van der Waals surface area contributed by atoms with Gasteiger partial charge in [-0.2, -0.15) is 0 Å². The summed E-state index contributed by atoms with van der Waals surface area (Å²) in [5, 5.41) is 9.05. The number of rotatable bonds is 7. The van der Waals surface area contributed by atoms with Crippen molar-refractivity contribution in [2.75, 3.05) is 26.2 Å². The van der Waals surface area contributed by atoms with Crippen LogP contribution in [0.1, 0.15) is 23.7 Å². The van der Waals surface area contributed by atoms with E-state index in [1.165, 1.54) is 18.2 Å². The molecule has 9 heteroatoms. The van der Waals surface area contributed by atoms with E-state index in [1.54, 1.807) is 18.2 Å². The fourth-order valence-electron chi connectivity index (χ4n) is 3.03. The summed E-state index contributed by atoms with van der Waals surface area (Å²) in [6.45, 7) is 1.69. The molecule has 1 saturated heterocycles. The zero-order chi connectivity index (χ0) is 20.1. The minimum absolute atomic E-state index is 0. The zero-order valence-corrected chi connectivity index (χ0v) is 17.0. The van der Waals surface area contributed by atoms with E-state index in [0.29, 0.717) is 31.8 Å². The van der Waals surface area contributed by atoms with Crippen LogP contribution < -0.4 is 4.74 Å². The molecule has 1 aliphatic heterocycles. The van der Waals surface area contributed by atoms with Crippen molar-refractivity contribution >= 4 is 30.0 Å². The molecular weight excluding hydrogens is 427 g/mol. The van der Waals surface area contributed by atoms with Gasteiger partial charge in [-0.3, -0.25) is 9.69 Å². The molecule has 29 heavy (non-hydrogen) atoms. The molecule has 0 aliphatic carbocycles. The molecule has 1 unspecified atom stereocenters. The largest absolute Gasteiger partial charge is 0.489 e. The van der Waals surface area contributed by atoms with Crippen LogP contribution in [0.15, 0.2) is 36.4 Å². The molecule has 1 aliphatic rings. The normalized spacial score (nSPS) is 16.9. The van der Waals surface area contributed by atoms with Gasteiger partial charge in [0.25, 0.3) is 0 Å². The summed E-state index contributed by atoms with van der Waals surface area (Å²) < 4.78 is 39.5. The van der Waals surface area contributed by atoms with Crippen LogP contribution in [0.2, 0.25) is 5.02 Å². The lowest BCUT2D eigenvalue weighted by Crippen LogP contribution is -2.39. The highest BCUT2D eigenvalue weighted by atomic mass is 35.5. The number of carboxylic acid groups (broad SMARTS) is 1. The first kappa shape index (κ1) is 23.3. The smallest absolute Gasteiger partial charge is 0.304 e. The maximum absolute atomic E-state index is 14.6. The number of carbonyl (C=O) groups is 1. The summed E-state index contributed by atoms with van der Waals surface area (Å²) in [6, 6.07) is 8.73. The first-order valence-corrected chi connectivity index (χ1v) is 9.22. The van der Waals surface area contributed by atoms with Gasteiger partial charge in [0.05, 0.1) is 24.2 Å². The second-order valence-corrected chi connectivity index (χ2v) is 6.88. The van der Waals surface area contributed by atoms with Gasteiger partial charge in [-0.15, -0.1) is 12.4 Å². The molecule has 0 amide bonds. The van der Waals surface area contributed by atoms with Crippen LogP contribution in [-0.4, -0.2) is 42.2 Å². The van der Waals surface area contributed by atoms with Gasteiger partial charge in [0.1, 0.15) is 24.0 Å². The molecule has 1 fully saturated rings. The highest BCUT2D eigenvalue weighted by Gasteiger charge is 2.25. The summed E-state index contributed by atoms with van der Waals surface area (Å²) >= 11 is 5.96. The van der Waals surface area contributed by atoms with Gasteiger partial charge in [-0.05, 0) is 24.3 Å². The van der Waals surface area contributed by atoms with Gasteiger partial charge >= 0.3 is 5.97 Å². The predicted molar refractivity (Wildman–Crippen MR) is 107 cm³/mol. The van der Waals surface area contributed by atoms with Gasteiger partial charge in [0.15, 0.2) is 0 Å². The number of nitrogens with zero attached hydrogens (tertiary/aromatic N) is 1. The minimum Gasteiger partial charge on any atom is -0.489 e. The molecule has 0 spiro atoms. The van der Waals surface area contributed by atoms with Crippen LogP contribution in [0, 0.1) is 11.6 Å². The minimum atomic E-state index is -0.870. The third kappa shape index (κ3) is 6.27. The van der Waals surface area contributed by atoms with Gasteiger partial charge < -0.3 is 14.6 Å². The number of hydrogen-bond acceptors (Lipinski definition) is 4. The van der Waals surface area contributed by atoms with E-state index in [1.807, 2.05) is 4.90 Å². The van der Waals surface area contributed by atoms with Crippen LogP contribution >= 0.6 is 24.0 Å². The average Bonchev–Trinajstić information content (AvgIpc) is 2.66. The topological polar surface area (TPSA) is 59.0 Å². The number of morpholine rings is 1. The summed E-state index contributed by atoms with van der Waals surface area (Å²) in [5.74, 6) is -1.60. The molecule has 2 aromatic rings. The third-order valence-electron chi connectivity index (χ3n) is 4.56.